The van der Waals surface area contributed by atoms with Gasteiger partial charge in [-0.1, -0.05) is 23.4 Å². The van der Waals surface area contributed by atoms with Gasteiger partial charge in [-0.2, -0.15) is 5.10 Å². The van der Waals surface area contributed by atoms with E-state index in [-0.39, 0.29) is 11.4 Å². The Morgan fingerprint density at radius 2 is 1.71 bits per heavy atom. The van der Waals surface area contributed by atoms with E-state index < -0.39 is 5.91 Å². The summed E-state index contributed by atoms with van der Waals surface area (Å²) in [7, 11) is 1.58. The van der Waals surface area contributed by atoms with Crippen LogP contribution in [0.15, 0.2) is 64.9 Å². The van der Waals surface area contributed by atoms with E-state index in [1.807, 2.05) is 6.07 Å². The molecule has 1 amide bonds. The summed E-state index contributed by atoms with van der Waals surface area (Å²) < 4.78 is 5.07. The number of nitrogens with one attached hydrogen (secondary N) is 2. The van der Waals surface area contributed by atoms with Crippen LogP contribution in [0.4, 0.5) is 11.4 Å². The predicted molar refractivity (Wildman–Crippen MR) is 94.0 cm³/mol. The van der Waals surface area contributed by atoms with Crippen LogP contribution in [0.25, 0.3) is 0 Å². The normalized spacial score (nSPS) is 11.8. The molecular formula is C17H18N4O3. The van der Waals surface area contributed by atoms with Crippen LogP contribution in [0.5, 0.6) is 5.75 Å². The Morgan fingerprint density at radius 3 is 2.29 bits per heavy atom. The number of rotatable bonds is 6. The Bertz CT molecular complexity index is 740. The lowest BCUT2D eigenvalue weighted by Gasteiger charge is -2.07. The van der Waals surface area contributed by atoms with Crippen molar-refractivity contribution in [3.63, 3.8) is 0 Å². The number of oxime groups is 1. The molecule has 0 aromatic heterocycles. The largest absolute Gasteiger partial charge is 0.497 e. The Hall–Kier alpha value is -3.35. The Balaban J connectivity index is 2.04. The van der Waals surface area contributed by atoms with Crippen LogP contribution in [0, 0.1) is 0 Å². The third-order valence-electron chi connectivity index (χ3n) is 3.13. The lowest BCUT2D eigenvalue weighted by molar-refractivity contribution is -0.110. The molecule has 7 nitrogen and oxygen atoms in total. The van der Waals surface area contributed by atoms with Crippen molar-refractivity contribution < 1.29 is 14.7 Å². The van der Waals surface area contributed by atoms with Crippen LogP contribution in [0.2, 0.25) is 0 Å². The molecule has 2 rings (SSSR count). The number of hydrogen-bond acceptors (Lipinski definition) is 6. The second kappa shape index (κ2) is 8.33. The topological polar surface area (TPSA) is 95.3 Å². The van der Waals surface area contributed by atoms with Gasteiger partial charge in [-0.15, -0.1) is 0 Å². The van der Waals surface area contributed by atoms with E-state index in [1.54, 1.807) is 62.6 Å². The third kappa shape index (κ3) is 4.57. The van der Waals surface area contributed by atoms with Gasteiger partial charge in [-0.05, 0) is 43.3 Å². The molecule has 0 bridgehead atoms. The summed E-state index contributed by atoms with van der Waals surface area (Å²) in [4.78, 5) is 12.2. The molecular weight excluding hydrogens is 308 g/mol. The van der Waals surface area contributed by atoms with Gasteiger partial charge in [0.1, 0.15) is 5.75 Å². The number of hydrazone groups is 1. The standard InChI is InChI=1S/C17H18N4O3/c1-12(19-20-14-8-10-15(24-2)11-9-14)16(21-23)17(22)18-13-6-4-3-5-7-13/h3-11,20,23H,1-2H3,(H,18,22)/b19-12-,21-16-. The number of benzene rings is 2. The van der Waals surface area contributed by atoms with Gasteiger partial charge in [0, 0.05) is 5.69 Å². The van der Waals surface area contributed by atoms with Crippen molar-refractivity contribution >= 4 is 28.7 Å². The van der Waals surface area contributed by atoms with Gasteiger partial charge in [0.05, 0.1) is 18.5 Å². The first-order valence-electron chi connectivity index (χ1n) is 7.17. The van der Waals surface area contributed by atoms with Gasteiger partial charge in [0.2, 0.25) is 0 Å². The Labute approximate surface area is 139 Å². The zero-order chi connectivity index (χ0) is 17.4. The maximum absolute atomic E-state index is 12.2. The first-order chi connectivity index (χ1) is 11.6. The average Bonchev–Trinajstić information content (AvgIpc) is 2.62. The molecule has 0 aliphatic rings. The fourth-order valence-corrected chi connectivity index (χ4v) is 1.86. The highest BCUT2D eigenvalue weighted by Gasteiger charge is 2.16. The summed E-state index contributed by atoms with van der Waals surface area (Å²) in [5.41, 5.74) is 4.15. The number of methoxy groups -OCH3 is 1. The highest BCUT2D eigenvalue weighted by atomic mass is 16.5. The molecule has 0 aliphatic heterocycles. The lowest BCUT2D eigenvalue weighted by atomic mass is 10.2. The zero-order valence-corrected chi connectivity index (χ0v) is 13.4. The molecule has 2 aromatic carbocycles. The molecule has 0 unspecified atom stereocenters. The second-order valence-electron chi connectivity index (χ2n) is 4.81. The number of nitrogens with zero attached hydrogens (tertiary/aromatic N) is 2. The molecule has 24 heavy (non-hydrogen) atoms. The van der Waals surface area contributed by atoms with E-state index in [9.17, 15) is 4.79 Å². The van der Waals surface area contributed by atoms with Crippen LogP contribution < -0.4 is 15.5 Å². The summed E-state index contributed by atoms with van der Waals surface area (Å²) in [6.45, 7) is 1.57. The van der Waals surface area contributed by atoms with E-state index in [4.69, 9.17) is 9.94 Å². The van der Waals surface area contributed by atoms with Crippen molar-refractivity contribution in [2.24, 2.45) is 10.3 Å². The van der Waals surface area contributed by atoms with Gasteiger partial charge >= 0.3 is 0 Å². The molecule has 124 valence electrons. The van der Waals surface area contributed by atoms with E-state index in [0.29, 0.717) is 11.4 Å². The minimum atomic E-state index is -0.554. The van der Waals surface area contributed by atoms with Gasteiger partial charge in [0.25, 0.3) is 5.91 Å². The van der Waals surface area contributed by atoms with Crippen molar-refractivity contribution in [3.8, 4) is 5.75 Å². The number of hydrogen-bond donors (Lipinski definition) is 3. The minimum absolute atomic E-state index is 0.181. The van der Waals surface area contributed by atoms with Crippen molar-refractivity contribution in [2.75, 3.05) is 17.9 Å². The van der Waals surface area contributed by atoms with Crippen molar-refractivity contribution in [3.05, 3.63) is 54.6 Å². The predicted octanol–water partition coefficient (Wildman–Crippen LogP) is 2.95. The molecule has 0 atom stereocenters. The lowest BCUT2D eigenvalue weighted by Crippen LogP contribution is -2.29. The number of carbonyl (C=O) groups is 1. The van der Waals surface area contributed by atoms with Gasteiger partial charge in [0.15, 0.2) is 5.71 Å². The molecule has 0 heterocycles. The Morgan fingerprint density at radius 1 is 1.04 bits per heavy atom. The fraction of sp³-hybridized carbons (Fsp3) is 0.118. The number of para-hydroxylation sites is 1. The monoisotopic (exact) mass is 326 g/mol. The number of amides is 1. The van der Waals surface area contributed by atoms with E-state index in [0.717, 1.165) is 5.75 Å². The van der Waals surface area contributed by atoms with Crippen LogP contribution in [-0.4, -0.2) is 29.6 Å². The molecule has 0 radical (unpaired) electrons. The van der Waals surface area contributed by atoms with Crippen LogP contribution in [0.3, 0.4) is 0 Å². The molecule has 0 aliphatic carbocycles. The smallest absolute Gasteiger partial charge is 0.279 e. The summed E-state index contributed by atoms with van der Waals surface area (Å²) in [6, 6.07) is 16.0. The Kier molecular flexibility index (Phi) is 5.90. The number of ether oxygens (including phenoxy) is 1. The highest BCUT2D eigenvalue weighted by Crippen LogP contribution is 2.15. The molecule has 0 spiro atoms. The fourth-order valence-electron chi connectivity index (χ4n) is 1.86. The quantitative estimate of drug-likeness (QED) is 0.432. The first-order valence-corrected chi connectivity index (χ1v) is 7.17. The SMILES string of the molecule is COc1ccc(N/N=C(C)\C(=N\O)C(=O)Nc2ccccc2)cc1. The maximum atomic E-state index is 12.2. The summed E-state index contributed by atoms with van der Waals surface area (Å²) in [5, 5.41) is 18.8. The van der Waals surface area contributed by atoms with Crippen molar-refractivity contribution in [2.45, 2.75) is 6.92 Å². The minimum Gasteiger partial charge on any atom is -0.497 e. The van der Waals surface area contributed by atoms with Gasteiger partial charge in [-0.25, -0.2) is 0 Å². The molecule has 0 saturated carbocycles. The highest BCUT2D eigenvalue weighted by molar-refractivity contribution is 6.68. The van der Waals surface area contributed by atoms with E-state index in [2.05, 4.69) is 21.0 Å². The van der Waals surface area contributed by atoms with E-state index in [1.165, 1.54) is 0 Å². The summed E-state index contributed by atoms with van der Waals surface area (Å²) in [6.07, 6.45) is 0. The maximum Gasteiger partial charge on any atom is 0.279 e. The second-order valence-corrected chi connectivity index (χ2v) is 4.81. The van der Waals surface area contributed by atoms with Crippen LogP contribution in [-0.2, 0) is 4.79 Å². The molecule has 3 N–H and O–H groups in total. The third-order valence-corrected chi connectivity index (χ3v) is 3.13. The zero-order valence-electron chi connectivity index (χ0n) is 13.4. The van der Waals surface area contributed by atoms with Gasteiger partial charge in [-0.3, -0.25) is 10.2 Å². The van der Waals surface area contributed by atoms with Crippen LogP contribution >= 0.6 is 0 Å². The first kappa shape index (κ1) is 17.0. The van der Waals surface area contributed by atoms with Gasteiger partial charge < -0.3 is 15.3 Å². The van der Waals surface area contributed by atoms with Crippen molar-refractivity contribution in [1.82, 2.24) is 0 Å². The molecule has 0 fully saturated rings. The summed E-state index contributed by atoms with van der Waals surface area (Å²) >= 11 is 0. The van der Waals surface area contributed by atoms with Crippen molar-refractivity contribution in [1.29, 1.82) is 0 Å². The molecule has 2 aromatic rings. The van der Waals surface area contributed by atoms with Crippen LogP contribution in [0.1, 0.15) is 6.92 Å². The molecule has 7 heteroatoms. The molecule has 0 saturated heterocycles. The summed E-state index contributed by atoms with van der Waals surface area (Å²) in [5.74, 6) is 0.169. The number of carbonyl (C=O) groups excluding carboxylic acids is 1. The average molecular weight is 326 g/mol. The van der Waals surface area contributed by atoms with E-state index >= 15 is 0 Å². The number of anilines is 2.